The molecule has 0 fully saturated rings. The smallest absolute Gasteiger partial charge is 0.157 e. The molecular weight excluding hydrogens is 263 g/mol. The monoisotopic (exact) mass is 268 g/mol. The minimum Gasteiger partial charge on any atom is -0.306 e. The Morgan fingerprint density at radius 1 is 1.58 bits per heavy atom. The van der Waals surface area contributed by atoms with Crippen LogP contribution in [0.1, 0.15) is 5.56 Å². The summed E-state index contributed by atoms with van der Waals surface area (Å²) >= 11 is 7.18. The van der Waals surface area contributed by atoms with E-state index >= 15 is 0 Å². The van der Waals surface area contributed by atoms with E-state index in [0.29, 0.717) is 9.50 Å². The summed E-state index contributed by atoms with van der Waals surface area (Å²) in [5.74, 6) is 0.0984. The molecule has 0 bridgehead atoms. The maximum absolute atomic E-state index is 10.5. The van der Waals surface area contributed by atoms with Crippen LogP contribution in [0.15, 0.2) is 22.7 Å². The Hall–Kier alpha value is 0.1000. The molecule has 1 atom stereocenters. The molecule has 66 valence electrons. The van der Waals surface area contributed by atoms with Gasteiger partial charge in [0.05, 0.1) is 10.8 Å². The van der Waals surface area contributed by atoms with Crippen molar-refractivity contribution in [2.45, 2.75) is 5.75 Å². The van der Waals surface area contributed by atoms with E-state index in [1.165, 1.54) is 0 Å². The van der Waals surface area contributed by atoms with Gasteiger partial charge in [-0.3, -0.25) is 0 Å². The first kappa shape index (κ1) is 10.2. The van der Waals surface area contributed by atoms with E-state index < -0.39 is 11.1 Å². The van der Waals surface area contributed by atoms with Crippen molar-refractivity contribution >= 4 is 38.6 Å². The van der Waals surface area contributed by atoms with E-state index in [9.17, 15) is 4.21 Å². The maximum atomic E-state index is 10.5. The minimum atomic E-state index is -1.82. The van der Waals surface area contributed by atoms with Crippen molar-refractivity contribution in [2.24, 2.45) is 0 Å². The summed E-state index contributed by atoms with van der Waals surface area (Å²) in [4.78, 5) is 0. The number of rotatable bonds is 2. The summed E-state index contributed by atoms with van der Waals surface area (Å²) in [5, 5.41) is 0.554. The SMILES string of the molecule is O=S(O)Cc1cccc(Cl)c1Br. The van der Waals surface area contributed by atoms with E-state index in [1.54, 1.807) is 18.2 Å². The second kappa shape index (κ2) is 4.37. The van der Waals surface area contributed by atoms with Crippen LogP contribution in [0.4, 0.5) is 0 Å². The molecule has 1 rings (SSSR count). The zero-order valence-electron chi connectivity index (χ0n) is 5.96. The first-order valence-electron chi connectivity index (χ1n) is 3.11. The lowest BCUT2D eigenvalue weighted by Gasteiger charge is -2.02. The van der Waals surface area contributed by atoms with E-state index in [1.807, 2.05) is 0 Å². The van der Waals surface area contributed by atoms with Crippen molar-refractivity contribution in [1.29, 1.82) is 0 Å². The maximum Gasteiger partial charge on any atom is 0.157 e. The van der Waals surface area contributed by atoms with Crippen molar-refractivity contribution in [3.05, 3.63) is 33.3 Å². The average molecular weight is 270 g/mol. The van der Waals surface area contributed by atoms with Crippen molar-refractivity contribution in [2.75, 3.05) is 0 Å². The largest absolute Gasteiger partial charge is 0.306 e. The summed E-state index contributed by atoms with van der Waals surface area (Å²) in [6.45, 7) is 0. The summed E-state index contributed by atoms with van der Waals surface area (Å²) in [6.07, 6.45) is 0. The highest BCUT2D eigenvalue weighted by atomic mass is 79.9. The molecular formula is C7H6BrClO2S. The van der Waals surface area contributed by atoms with Gasteiger partial charge in [-0.2, -0.15) is 0 Å². The van der Waals surface area contributed by atoms with Crippen LogP contribution < -0.4 is 0 Å². The Balaban J connectivity index is 3.00. The molecule has 1 aromatic rings. The van der Waals surface area contributed by atoms with Crippen molar-refractivity contribution < 1.29 is 8.76 Å². The van der Waals surface area contributed by atoms with E-state index in [0.717, 1.165) is 5.56 Å². The van der Waals surface area contributed by atoms with Gasteiger partial charge in [0.25, 0.3) is 0 Å². The fraction of sp³-hybridized carbons (Fsp3) is 0.143. The van der Waals surface area contributed by atoms with Gasteiger partial charge in [-0.05, 0) is 27.6 Å². The van der Waals surface area contributed by atoms with Gasteiger partial charge in [0, 0.05) is 4.47 Å². The van der Waals surface area contributed by atoms with Crippen LogP contribution >= 0.6 is 27.5 Å². The van der Waals surface area contributed by atoms with E-state index in [2.05, 4.69) is 15.9 Å². The highest BCUT2D eigenvalue weighted by Crippen LogP contribution is 2.26. The van der Waals surface area contributed by atoms with Crippen molar-refractivity contribution in [3.8, 4) is 0 Å². The van der Waals surface area contributed by atoms with Crippen LogP contribution in [0.2, 0.25) is 5.02 Å². The highest BCUT2D eigenvalue weighted by molar-refractivity contribution is 9.10. The first-order chi connectivity index (χ1) is 5.61. The third-order valence-corrected chi connectivity index (χ3v) is 3.35. The Labute approximate surface area is 86.3 Å². The lowest BCUT2D eigenvalue weighted by molar-refractivity contribution is 0.563. The lowest BCUT2D eigenvalue weighted by atomic mass is 10.2. The van der Waals surface area contributed by atoms with Crippen LogP contribution in [0.5, 0.6) is 0 Å². The molecule has 0 spiro atoms. The molecule has 1 unspecified atom stereocenters. The van der Waals surface area contributed by atoms with Crippen LogP contribution in [0.3, 0.4) is 0 Å². The molecule has 0 aliphatic carbocycles. The molecule has 1 N–H and O–H groups in total. The average Bonchev–Trinajstić information content (AvgIpc) is 1.98. The predicted octanol–water partition coefficient (Wildman–Crippen LogP) is 2.82. The van der Waals surface area contributed by atoms with Gasteiger partial charge < -0.3 is 4.55 Å². The van der Waals surface area contributed by atoms with Crippen LogP contribution in [-0.2, 0) is 16.8 Å². The molecule has 12 heavy (non-hydrogen) atoms. The normalized spacial score (nSPS) is 12.9. The van der Waals surface area contributed by atoms with Crippen LogP contribution in [0, 0.1) is 0 Å². The number of hydrogen-bond acceptors (Lipinski definition) is 1. The molecule has 1 aromatic carbocycles. The fourth-order valence-corrected chi connectivity index (χ4v) is 2.08. The van der Waals surface area contributed by atoms with E-state index in [4.69, 9.17) is 16.2 Å². The highest BCUT2D eigenvalue weighted by Gasteiger charge is 2.05. The van der Waals surface area contributed by atoms with Gasteiger partial charge in [0.15, 0.2) is 11.1 Å². The molecule has 5 heteroatoms. The molecule has 0 aliphatic heterocycles. The van der Waals surface area contributed by atoms with Gasteiger partial charge in [-0.15, -0.1) is 0 Å². The van der Waals surface area contributed by atoms with Gasteiger partial charge in [-0.25, -0.2) is 4.21 Å². The number of halogens is 2. The van der Waals surface area contributed by atoms with Crippen molar-refractivity contribution in [3.63, 3.8) is 0 Å². The van der Waals surface area contributed by atoms with Gasteiger partial charge in [0.1, 0.15) is 0 Å². The summed E-state index contributed by atoms with van der Waals surface area (Å²) < 4.78 is 19.8. The topological polar surface area (TPSA) is 37.3 Å². The molecule has 0 heterocycles. The molecule has 0 aliphatic rings. The Morgan fingerprint density at radius 3 is 2.83 bits per heavy atom. The third kappa shape index (κ3) is 2.55. The quantitative estimate of drug-likeness (QED) is 0.838. The molecule has 0 saturated carbocycles. The van der Waals surface area contributed by atoms with Crippen LogP contribution in [0.25, 0.3) is 0 Å². The second-order valence-electron chi connectivity index (χ2n) is 2.18. The molecule has 0 aromatic heterocycles. The van der Waals surface area contributed by atoms with Crippen LogP contribution in [-0.4, -0.2) is 8.76 Å². The predicted molar refractivity (Wildman–Crippen MR) is 53.6 cm³/mol. The third-order valence-electron chi connectivity index (χ3n) is 1.31. The Bertz CT molecular complexity index is 316. The molecule has 2 nitrogen and oxygen atoms in total. The first-order valence-corrected chi connectivity index (χ1v) is 5.56. The van der Waals surface area contributed by atoms with Gasteiger partial charge in [0.2, 0.25) is 0 Å². The lowest BCUT2D eigenvalue weighted by Crippen LogP contribution is -1.93. The fourth-order valence-electron chi connectivity index (χ4n) is 0.793. The standard InChI is InChI=1S/C7H6BrClO2S/c8-7-5(4-12(10)11)2-1-3-6(7)9/h1-3H,4H2,(H,10,11). The molecule has 0 amide bonds. The molecule has 0 radical (unpaired) electrons. The minimum absolute atomic E-state index is 0.0984. The number of hydrogen-bond donors (Lipinski definition) is 1. The molecule has 0 saturated heterocycles. The Morgan fingerprint density at radius 2 is 2.25 bits per heavy atom. The summed E-state index contributed by atoms with van der Waals surface area (Å²) in [5.41, 5.74) is 0.739. The number of benzene rings is 1. The zero-order chi connectivity index (χ0) is 9.14. The zero-order valence-corrected chi connectivity index (χ0v) is 9.12. The van der Waals surface area contributed by atoms with Gasteiger partial charge in [-0.1, -0.05) is 23.7 Å². The van der Waals surface area contributed by atoms with Gasteiger partial charge >= 0.3 is 0 Å². The Kier molecular flexibility index (Phi) is 3.71. The second-order valence-corrected chi connectivity index (χ2v) is 4.31. The summed E-state index contributed by atoms with van der Waals surface area (Å²) in [7, 11) is 0. The van der Waals surface area contributed by atoms with Crippen molar-refractivity contribution in [1.82, 2.24) is 0 Å². The summed E-state index contributed by atoms with van der Waals surface area (Å²) in [6, 6.07) is 5.22. The van der Waals surface area contributed by atoms with E-state index in [-0.39, 0.29) is 5.75 Å².